The maximum atomic E-state index is 12.9. The van der Waals surface area contributed by atoms with Crippen LogP contribution in [0.5, 0.6) is 5.75 Å². The van der Waals surface area contributed by atoms with E-state index in [1.165, 1.54) is 6.07 Å². The van der Waals surface area contributed by atoms with E-state index in [4.69, 9.17) is 4.74 Å². The Morgan fingerprint density at radius 1 is 1.44 bits per heavy atom. The molecule has 16 heavy (non-hydrogen) atoms. The molecule has 0 aliphatic rings. The second-order valence-corrected chi connectivity index (χ2v) is 4.20. The van der Waals surface area contributed by atoms with Crippen molar-refractivity contribution in [2.24, 2.45) is 7.05 Å². The number of nitrogens with zero attached hydrogens (tertiary/aromatic N) is 2. The standard InChI is InChI=1S/C11H10BrFN2O/c1-15-5-4-8(14-15)7-16-9-2-3-11(13)10(12)6-9/h2-6H,7H2,1H3. The van der Waals surface area contributed by atoms with E-state index in [0.29, 0.717) is 16.8 Å². The van der Waals surface area contributed by atoms with Crippen LogP contribution in [0.4, 0.5) is 4.39 Å². The Labute approximate surface area is 101 Å². The highest BCUT2D eigenvalue weighted by atomic mass is 79.9. The van der Waals surface area contributed by atoms with Gasteiger partial charge in [-0.15, -0.1) is 0 Å². The molecule has 0 spiro atoms. The normalized spacial score (nSPS) is 10.4. The highest BCUT2D eigenvalue weighted by Crippen LogP contribution is 2.22. The van der Waals surface area contributed by atoms with Crippen LogP contribution in [0.15, 0.2) is 34.9 Å². The van der Waals surface area contributed by atoms with Crippen molar-refractivity contribution in [1.82, 2.24) is 9.78 Å². The Bertz CT molecular complexity index is 498. The van der Waals surface area contributed by atoms with Gasteiger partial charge in [-0.1, -0.05) is 0 Å². The molecule has 84 valence electrons. The third kappa shape index (κ3) is 2.61. The minimum Gasteiger partial charge on any atom is -0.487 e. The van der Waals surface area contributed by atoms with Gasteiger partial charge >= 0.3 is 0 Å². The van der Waals surface area contributed by atoms with Crippen molar-refractivity contribution in [3.05, 3.63) is 46.4 Å². The quantitative estimate of drug-likeness (QED) is 0.867. The molecule has 0 amide bonds. The fourth-order valence-corrected chi connectivity index (χ4v) is 1.62. The molecule has 0 radical (unpaired) electrons. The zero-order valence-corrected chi connectivity index (χ0v) is 10.2. The van der Waals surface area contributed by atoms with Crippen molar-refractivity contribution in [2.75, 3.05) is 0 Å². The minimum absolute atomic E-state index is 0.301. The van der Waals surface area contributed by atoms with Crippen LogP contribution >= 0.6 is 15.9 Å². The second-order valence-electron chi connectivity index (χ2n) is 3.35. The zero-order valence-electron chi connectivity index (χ0n) is 8.65. The first kappa shape index (κ1) is 11.1. The molecule has 1 aromatic heterocycles. The Balaban J connectivity index is 2.02. The van der Waals surface area contributed by atoms with Gasteiger partial charge < -0.3 is 4.74 Å². The van der Waals surface area contributed by atoms with Crippen LogP contribution < -0.4 is 4.74 Å². The van der Waals surface area contributed by atoms with Crippen molar-refractivity contribution in [3.63, 3.8) is 0 Å². The van der Waals surface area contributed by atoms with Crippen LogP contribution in [0.3, 0.4) is 0 Å². The molecule has 2 rings (SSSR count). The first-order chi connectivity index (χ1) is 7.65. The zero-order chi connectivity index (χ0) is 11.5. The monoisotopic (exact) mass is 284 g/mol. The van der Waals surface area contributed by atoms with Crippen LogP contribution in [0.2, 0.25) is 0 Å². The molecule has 0 saturated heterocycles. The largest absolute Gasteiger partial charge is 0.487 e. The van der Waals surface area contributed by atoms with Gasteiger partial charge in [0.25, 0.3) is 0 Å². The molecular formula is C11H10BrFN2O. The Morgan fingerprint density at radius 2 is 2.25 bits per heavy atom. The second kappa shape index (κ2) is 4.65. The number of hydrogen-bond donors (Lipinski definition) is 0. The SMILES string of the molecule is Cn1ccc(COc2ccc(F)c(Br)c2)n1. The molecule has 1 heterocycles. The van der Waals surface area contributed by atoms with Gasteiger partial charge in [0.05, 0.1) is 10.2 Å². The van der Waals surface area contributed by atoms with Gasteiger partial charge in [0.15, 0.2) is 0 Å². The first-order valence-corrected chi connectivity index (χ1v) is 5.51. The third-order valence-corrected chi connectivity index (χ3v) is 2.65. The van der Waals surface area contributed by atoms with Crippen molar-refractivity contribution >= 4 is 15.9 Å². The van der Waals surface area contributed by atoms with E-state index in [-0.39, 0.29) is 5.82 Å². The molecule has 0 unspecified atom stereocenters. The number of benzene rings is 1. The summed E-state index contributed by atoms with van der Waals surface area (Å²) in [6.45, 7) is 0.374. The summed E-state index contributed by atoms with van der Waals surface area (Å²) in [5, 5.41) is 4.17. The van der Waals surface area contributed by atoms with Crippen molar-refractivity contribution in [3.8, 4) is 5.75 Å². The van der Waals surface area contributed by atoms with E-state index >= 15 is 0 Å². The van der Waals surface area contributed by atoms with E-state index in [9.17, 15) is 4.39 Å². The topological polar surface area (TPSA) is 27.1 Å². The number of rotatable bonds is 3. The average molecular weight is 285 g/mol. The maximum Gasteiger partial charge on any atom is 0.137 e. The van der Waals surface area contributed by atoms with Gasteiger partial charge in [0.2, 0.25) is 0 Å². The Kier molecular flexibility index (Phi) is 3.24. The Morgan fingerprint density at radius 3 is 2.88 bits per heavy atom. The third-order valence-electron chi connectivity index (χ3n) is 2.05. The lowest BCUT2D eigenvalue weighted by molar-refractivity contribution is 0.299. The number of aromatic nitrogens is 2. The summed E-state index contributed by atoms with van der Waals surface area (Å²) >= 11 is 3.10. The lowest BCUT2D eigenvalue weighted by Crippen LogP contribution is -1.98. The molecule has 2 aromatic rings. The molecule has 0 N–H and O–H groups in total. The van der Waals surface area contributed by atoms with Gasteiger partial charge in [0, 0.05) is 13.2 Å². The molecule has 0 atom stereocenters. The van der Waals surface area contributed by atoms with E-state index in [0.717, 1.165) is 5.69 Å². The van der Waals surface area contributed by atoms with Gasteiger partial charge in [-0.05, 0) is 40.2 Å². The number of halogens is 2. The van der Waals surface area contributed by atoms with Crippen molar-refractivity contribution in [2.45, 2.75) is 6.61 Å². The van der Waals surface area contributed by atoms with Crippen LogP contribution in [-0.2, 0) is 13.7 Å². The van der Waals surface area contributed by atoms with E-state index in [2.05, 4.69) is 21.0 Å². The smallest absolute Gasteiger partial charge is 0.137 e. The highest BCUT2D eigenvalue weighted by Gasteiger charge is 2.02. The molecule has 0 fully saturated rings. The molecule has 0 saturated carbocycles. The number of hydrogen-bond acceptors (Lipinski definition) is 2. The van der Waals surface area contributed by atoms with Crippen molar-refractivity contribution in [1.29, 1.82) is 0 Å². The summed E-state index contributed by atoms with van der Waals surface area (Å²) in [7, 11) is 1.85. The summed E-state index contributed by atoms with van der Waals surface area (Å²) in [6, 6.07) is 6.41. The van der Waals surface area contributed by atoms with Gasteiger partial charge in [-0.2, -0.15) is 5.10 Å². The fraction of sp³-hybridized carbons (Fsp3) is 0.182. The van der Waals surface area contributed by atoms with Crippen LogP contribution in [-0.4, -0.2) is 9.78 Å². The average Bonchev–Trinajstić information content (AvgIpc) is 2.66. The summed E-state index contributed by atoms with van der Waals surface area (Å²) in [4.78, 5) is 0. The molecule has 1 aromatic carbocycles. The number of ether oxygens (including phenoxy) is 1. The van der Waals surface area contributed by atoms with Gasteiger partial charge in [-0.25, -0.2) is 4.39 Å². The molecule has 3 nitrogen and oxygen atoms in total. The molecule has 5 heteroatoms. The predicted molar refractivity (Wildman–Crippen MR) is 61.6 cm³/mol. The lowest BCUT2D eigenvalue weighted by Gasteiger charge is -2.04. The van der Waals surface area contributed by atoms with Crippen molar-refractivity contribution < 1.29 is 9.13 Å². The molecular weight excluding hydrogens is 275 g/mol. The summed E-state index contributed by atoms with van der Waals surface area (Å²) < 4.78 is 20.5. The minimum atomic E-state index is -0.301. The van der Waals surface area contributed by atoms with Crippen LogP contribution in [0.1, 0.15) is 5.69 Å². The molecule has 0 bridgehead atoms. The fourth-order valence-electron chi connectivity index (χ4n) is 1.26. The lowest BCUT2D eigenvalue weighted by atomic mass is 10.3. The highest BCUT2D eigenvalue weighted by molar-refractivity contribution is 9.10. The maximum absolute atomic E-state index is 12.9. The molecule has 0 aliphatic heterocycles. The molecule has 0 aliphatic carbocycles. The van der Waals surface area contributed by atoms with Gasteiger partial charge in [-0.3, -0.25) is 4.68 Å². The predicted octanol–water partition coefficient (Wildman–Crippen LogP) is 2.90. The van der Waals surface area contributed by atoms with E-state index in [1.54, 1.807) is 16.8 Å². The van der Waals surface area contributed by atoms with E-state index < -0.39 is 0 Å². The Hall–Kier alpha value is -1.36. The van der Waals surface area contributed by atoms with E-state index in [1.807, 2.05) is 19.3 Å². The van der Waals surface area contributed by atoms with Gasteiger partial charge in [0.1, 0.15) is 18.2 Å². The summed E-state index contributed by atoms with van der Waals surface area (Å²) in [6.07, 6.45) is 1.85. The van der Waals surface area contributed by atoms with Crippen LogP contribution in [0.25, 0.3) is 0 Å². The first-order valence-electron chi connectivity index (χ1n) is 4.71. The summed E-state index contributed by atoms with van der Waals surface area (Å²) in [5.74, 6) is 0.309. The summed E-state index contributed by atoms with van der Waals surface area (Å²) in [5.41, 5.74) is 0.836. The number of aryl methyl sites for hydroxylation is 1. The van der Waals surface area contributed by atoms with Crippen LogP contribution in [0, 0.1) is 5.82 Å².